The first kappa shape index (κ1) is 29.5. The van der Waals surface area contributed by atoms with Gasteiger partial charge in [0.25, 0.3) is 0 Å². The third-order valence-electron chi connectivity index (χ3n) is 10.7. The molecule has 7 aromatic carbocycles. The number of hydrogen-bond acceptors (Lipinski definition) is 2. The van der Waals surface area contributed by atoms with E-state index in [9.17, 15) is 0 Å². The molecule has 2 nitrogen and oxygen atoms in total. The van der Waals surface area contributed by atoms with Crippen LogP contribution in [0.5, 0.6) is 0 Å². The Hall–Kier alpha value is -6.38. The molecule has 0 spiro atoms. The maximum absolute atomic E-state index is 5.11. The lowest BCUT2D eigenvalue weighted by molar-refractivity contribution is 1.04. The molecular weight excluding hydrogens is 617 g/mol. The normalized spacial score (nSPS) is 13.5. The first-order chi connectivity index (χ1) is 25.2. The van der Waals surface area contributed by atoms with Gasteiger partial charge in [-0.15, -0.1) is 0 Å². The van der Waals surface area contributed by atoms with E-state index in [0.29, 0.717) is 0 Å². The van der Waals surface area contributed by atoms with Gasteiger partial charge < -0.3 is 0 Å². The van der Waals surface area contributed by atoms with Gasteiger partial charge >= 0.3 is 0 Å². The fraction of sp³-hybridized carbons (Fsp3) is 0.0612. The summed E-state index contributed by atoms with van der Waals surface area (Å²) < 4.78 is 0. The largest absolute Gasteiger partial charge is 0.228 e. The van der Waals surface area contributed by atoms with Crippen molar-refractivity contribution in [1.82, 2.24) is 9.97 Å². The van der Waals surface area contributed by atoms with E-state index in [4.69, 9.17) is 9.97 Å². The van der Waals surface area contributed by atoms with Crippen molar-refractivity contribution in [3.8, 4) is 44.9 Å². The SMILES string of the molecule is C1=C(c2cc(-c3ccccc3)nc(-c3ccccc3)n2)CCC(c2cc3c(c4ccccc24)Cc2cc(-c4ccc5ccccc5c4)ccc2-3)=C1. The van der Waals surface area contributed by atoms with Gasteiger partial charge in [0.2, 0.25) is 0 Å². The zero-order valence-corrected chi connectivity index (χ0v) is 28.2. The van der Waals surface area contributed by atoms with Crippen molar-refractivity contribution in [2.75, 3.05) is 0 Å². The van der Waals surface area contributed by atoms with Gasteiger partial charge in [-0.2, -0.15) is 0 Å². The van der Waals surface area contributed by atoms with E-state index in [1.165, 1.54) is 71.6 Å². The highest BCUT2D eigenvalue weighted by molar-refractivity contribution is 6.03. The lowest BCUT2D eigenvalue weighted by Crippen LogP contribution is -2.01. The first-order valence-corrected chi connectivity index (χ1v) is 17.8. The topological polar surface area (TPSA) is 25.8 Å². The Kier molecular flexibility index (Phi) is 7.06. The molecule has 2 heteroatoms. The number of benzene rings is 7. The summed E-state index contributed by atoms with van der Waals surface area (Å²) in [7, 11) is 0. The average molecular weight is 651 g/mol. The molecule has 240 valence electrons. The molecule has 0 bridgehead atoms. The van der Waals surface area contributed by atoms with Crippen LogP contribution >= 0.6 is 0 Å². The fourth-order valence-corrected chi connectivity index (χ4v) is 8.03. The zero-order chi connectivity index (χ0) is 33.7. The van der Waals surface area contributed by atoms with Crippen molar-refractivity contribution < 1.29 is 0 Å². The molecule has 10 rings (SSSR count). The summed E-state index contributed by atoms with van der Waals surface area (Å²) in [4.78, 5) is 10.1. The summed E-state index contributed by atoms with van der Waals surface area (Å²) >= 11 is 0. The highest BCUT2D eigenvalue weighted by Crippen LogP contribution is 2.46. The van der Waals surface area contributed by atoms with Crippen LogP contribution in [0.25, 0.3) is 77.6 Å². The third-order valence-corrected chi connectivity index (χ3v) is 10.7. The monoisotopic (exact) mass is 650 g/mol. The molecule has 0 N–H and O–H groups in total. The number of aromatic nitrogens is 2. The molecule has 51 heavy (non-hydrogen) atoms. The van der Waals surface area contributed by atoms with E-state index in [1.807, 2.05) is 24.3 Å². The summed E-state index contributed by atoms with van der Waals surface area (Å²) in [6.07, 6.45) is 7.45. The smallest absolute Gasteiger partial charge is 0.160 e. The standard InChI is InChI=1S/C49H34N2/c1-3-12-34(13-4-1)47-31-48(51-49(50-47)36-14-5-2-6-15-36)35-22-20-33(21-23-35)44-30-46-41-26-25-39(38-24-19-32-11-7-8-16-37(32)27-38)28-40(41)29-45(46)43-18-10-9-17-42(43)44/h1-20,22,24-28,30-31H,21,23,29H2. The second-order valence-corrected chi connectivity index (χ2v) is 13.7. The summed E-state index contributed by atoms with van der Waals surface area (Å²) in [5.41, 5.74) is 16.1. The summed E-state index contributed by atoms with van der Waals surface area (Å²) in [5.74, 6) is 0.759. The second kappa shape index (κ2) is 12.2. The van der Waals surface area contributed by atoms with Crippen LogP contribution in [-0.2, 0) is 6.42 Å². The molecule has 1 aromatic heterocycles. The Labute approximate surface area is 298 Å². The number of fused-ring (bicyclic) bond motifs is 6. The minimum absolute atomic E-state index is 0.759. The minimum Gasteiger partial charge on any atom is -0.228 e. The maximum Gasteiger partial charge on any atom is 0.160 e. The van der Waals surface area contributed by atoms with Crippen molar-refractivity contribution in [2.24, 2.45) is 0 Å². The highest BCUT2D eigenvalue weighted by atomic mass is 14.9. The van der Waals surface area contributed by atoms with Gasteiger partial charge in [0.1, 0.15) is 0 Å². The molecule has 2 aliphatic rings. The first-order valence-electron chi connectivity index (χ1n) is 17.8. The zero-order valence-electron chi connectivity index (χ0n) is 28.2. The molecular formula is C49H34N2. The number of hydrogen-bond donors (Lipinski definition) is 0. The fourth-order valence-electron chi connectivity index (χ4n) is 8.03. The Morgan fingerprint density at radius 1 is 0.392 bits per heavy atom. The quantitative estimate of drug-likeness (QED) is 0.185. The number of allylic oxidation sites excluding steroid dienone is 4. The second-order valence-electron chi connectivity index (χ2n) is 13.7. The summed E-state index contributed by atoms with van der Waals surface area (Å²) in [6.45, 7) is 0. The molecule has 0 saturated carbocycles. The molecule has 0 aliphatic heterocycles. The van der Waals surface area contributed by atoms with Crippen LogP contribution in [0.4, 0.5) is 0 Å². The summed E-state index contributed by atoms with van der Waals surface area (Å²) in [5, 5.41) is 5.25. The Morgan fingerprint density at radius 3 is 1.84 bits per heavy atom. The van der Waals surface area contributed by atoms with E-state index in [1.54, 1.807) is 0 Å². The Bertz CT molecular complexity index is 2640. The van der Waals surface area contributed by atoms with Gasteiger partial charge in [0.15, 0.2) is 5.82 Å². The molecule has 0 unspecified atom stereocenters. The van der Waals surface area contributed by atoms with Crippen molar-refractivity contribution >= 4 is 32.7 Å². The maximum atomic E-state index is 5.11. The van der Waals surface area contributed by atoms with E-state index in [0.717, 1.165) is 47.6 Å². The molecule has 1 heterocycles. The summed E-state index contributed by atoms with van der Waals surface area (Å²) in [6, 6.07) is 56.8. The van der Waals surface area contributed by atoms with Gasteiger partial charge in [-0.1, -0.05) is 152 Å². The third kappa shape index (κ3) is 5.28. The molecule has 0 amide bonds. The highest BCUT2D eigenvalue weighted by Gasteiger charge is 2.24. The Balaban J connectivity index is 1.04. The van der Waals surface area contributed by atoms with Crippen molar-refractivity contribution in [2.45, 2.75) is 19.3 Å². The van der Waals surface area contributed by atoms with E-state index in [-0.39, 0.29) is 0 Å². The van der Waals surface area contributed by atoms with E-state index >= 15 is 0 Å². The average Bonchev–Trinajstić information content (AvgIpc) is 3.59. The number of rotatable bonds is 5. The van der Waals surface area contributed by atoms with Crippen molar-refractivity contribution in [3.05, 3.63) is 192 Å². The van der Waals surface area contributed by atoms with Crippen LogP contribution in [-0.4, -0.2) is 9.97 Å². The molecule has 0 fully saturated rings. The van der Waals surface area contributed by atoms with E-state index in [2.05, 4.69) is 146 Å². The van der Waals surface area contributed by atoms with Gasteiger partial charge in [-0.05, 0) is 109 Å². The van der Waals surface area contributed by atoms with Gasteiger partial charge in [-0.25, -0.2) is 9.97 Å². The predicted octanol–water partition coefficient (Wildman–Crippen LogP) is 12.6. The van der Waals surface area contributed by atoms with Crippen LogP contribution in [0.2, 0.25) is 0 Å². The van der Waals surface area contributed by atoms with Crippen molar-refractivity contribution in [1.29, 1.82) is 0 Å². The Morgan fingerprint density at radius 2 is 1.04 bits per heavy atom. The lowest BCUT2D eigenvalue weighted by atomic mass is 9.86. The molecule has 0 atom stereocenters. The minimum atomic E-state index is 0.759. The van der Waals surface area contributed by atoms with Gasteiger partial charge in [0, 0.05) is 11.1 Å². The molecule has 0 saturated heterocycles. The van der Waals surface area contributed by atoms with Crippen LogP contribution < -0.4 is 0 Å². The number of nitrogens with zero attached hydrogens (tertiary/aromatic N) is 2. The van der Waals surface area contributed by atoms with Crippen LogP contribution in [0.15, 0.2) is 170 Å². The van der Waals surface area contributed by atoms with Crippen molar-refractivity contribution in [3.63, 3.8) is 0 Å². The van der Waals surface area contributed by atoms with E-state index < -0.39 is 0 Å². The molecule has 8 aromatic rings. The van der Waals surface area contributed by atoms with Crippen LogP contribution in [0.3, 0.4) is 0 Å². The van der Waals surface area contributed by atoms with Gasteiger partial charge in [-0.3, -0.25) is 0 Å². The van der Waals surface area contributed by atoms with Crippen LogP contribution in [0.1, 0.15) is 35.2 Å². The molecule has 2 aliphatic carbocycles. The van der Waals surface area contributed by atoms with Crippen LogP contribution in [0, 0.1) is 0 Å². The molecule has 0 radical (unpaired) electrons. The predicted molar refractivity (Wildman–Crippen MR) is 213 cm³/mol. The van der Waals surface area contributed by atoms with Gasteiger partial charge in [0.05, 0.1) is 11.4 Å². The lowest BCUT2D eigenvalue weighted by Gasteiger charge is -2.19.